The number of furan rings is 1. The Morgan fingerprint density at radius 3 is 2.79 bits per heavy atom. The second-order valence-corrected chi connectivity index (χ2v) is 6.87. The molecule has 4 rings (SSSR count). The molecule has 0 unspecified atom stereocenters. The standard InChI is InChI=1S/C21H21N3O4/c22-21(26)18-12-16(5-8-23-18)28-15-6-9-24(10-7-15)20(25)11-14-13-27-19-4-2-1-3-17(14)19/h1-5,8,12-13,15H,6-7,9-11H2,(H2,22,26). The number of ether oxygens (including phenoxy) is 1. The molecule has 0 saturated carbocycles. The van der Waals surface area contributed by atoms with Gasteiger partial charge in [-0.3, -0.25) is 14.6 Å². The third-order valence-corrected chi connectivity index (χ3v) is 4.98. The molecule has 0 bridgehead atoms. The van der Waals surface area contributed by atoms with Gasteiger partial charge >= 0.3 is 0 Å². The maximum Gasteiger partial charge on any atom is 0.267 e. The van der Waals surface area contributed by atoms with Gasteiger partial charge in [-0.2, -0.15) is 0 Å². The number of fused-ring (bicyclic) bond motifs is 1. The second kappa shape index (κ2) is 7.72. The summed E-state index contributed by atoms with van der Waals surface area (Å²) in [7, 11) is 0. The average Bonchev–Trinajstić information content (AvgIpc) is 3.12. The lowest BCUT2D eigenvalue weighted by molar-refractivity contribution is -0.132. The van der Waals surface area contributed by atoms with E-state index in [2.05, 4.69) is 4.98 Å². The Morgan fingerprint density at radius 1 is 1.21 bits per heavy atom. The van der Waals surface area contributed by atoms with E-state index in [-0.39, 0.29) is 17.7 Å². The van der Waals surface area contributed by atoms with Gasteiger partial charge in [0.2, 0.25) is 5.91 Å². The quantitative estimate of drug-likeness (QED) is 0.734. The van der Waals surface area contributed by atoms with Crippen molar-refractivity contribution in [3.05, 3.63) is 60.1 Å². The molecule has 3 heterocycles. The molecule has 0 spiro atoms. The lowest BCUT2D eigenvalue weighted by Crippen LogP contribution is -2.42. The highest BCUT2D eigenvalue weighted by Gasteiger charge is 2.25. The summed E-state index contributed by atoms with van der Waals surface area (Å²) in [4.78, 5) is 29.7. The maximum absolute atomic E-state index is 12.7. The lowest BCUT2D eigenvalue weighted by atomic mass is 10.1. The number of carbonyl (C=O) groups excluding carboxylic acids is 2. The van der Waals surface area contributed by atoms with Crippen LogP contribution in [0.2, 0.25) is 0 Å². The van der Waals surface area contributed by atoms with Crippen molar-refractivity contribution >= 4 is 22.8 Å². The molecular weight excluding hydrogens is 358 g/mol. The molecule has 7 heteroatoms. The molecule has 7 nitrogen and oxygen atoms in total. The number of primary amides is 1. The van der Waals surface area contributed by atoms with Crippen LogP contribution in [0.1, 0.15) is 28.9 Å². The third-order valence-electron chi connectivity index (χ3n) is 4.98. The van der Waals surface area contributed by atoms with Gasteiger partial charge in [-0.1, -0.05) is 18.2 Å². The number of amides is 2. The summed E-state index contributed by atoms with van der Waals surface area (Å²) in [5.74, 6) is 0.0704. The fourth-order valence-electron chi connectivity index (χ4n) is 3.48. The summed E-state index contributed by atoms with van der Waals surface area (Å²) in [6, 6.07) is 11.0. The van der Waals surface area contributed by atoms with Crippen LogP contribution < -0.4 is 10.5 Å². The average molecular weight is 379 g/mol. The number of carbonyl (C=O) groups is 2. The molecule has 1 aromatic carbocycles. The van der Waals surface area contributed by atoms with Crippen molar-refractivity contribution in [1.82, 2.24) is 9.88 Å². The summed E-state index contributed by atoms with van der Waals surface area (Å²) in [6.45, 7) is 1.26. The zero-order valence-corrected chi connectivity index (χ0v) is 15.3. The van der Waals surface area contributed by atoms with E-state index in [9.17, 15) is 9.59 Å². The summed E-state index contributed by atoms with van der Waals surface area (Å²) in [6.07, 6.45) is 4.94. The molecule has 0 radical (unpaired) electrons. The van der Waals surface area contributed by atoms with Crippen molar-refractivity contribution in [2.75, 3.05) is 13.1 Å². The monoisotopic (exact) mass is 379 g/mol. The van der Waals surface area contributed by atoms with Crippen molar-refractivity contribution < 1.29 is 18.7 Å². The number of aromatic nitrogens is 1. The topological polar surface area (TPSA) is 98.7 Å². The molecule has 2 amide bonds. The highest BCUT2D eigenvalue weighted by atomic mass is 16.5. The van der Waals surface area contributed by atoms with E-state index in [0.717, 1.165) is 29.4 Å². The molecule has 2 N–H and O–H groups in total. The van der Waals surface area contributed by atoms with Crippen LogP contribution >= 0.6 is 0 Å². The second-order valence-electron chi connectivity index (χ2n) is 6.87. The van der Waals surface area contributed by atoms with Gasteiger partial charge in [0.25, 0.3) is 5.91 Å². The van der Waals surface area contributed by atoms with Gasteiger partial charge in [0.1, 0.15) is 23.1 Å². The summed E-state index contributed by atoms with van der Waals surface area (Å²) >= 11 is 0. The Hall–Kier alpha value is -3.35. The number of rotatable bonds is 5. The smallest absolute Gasteiger partial charge is 0.267 e. The molecule has 1 aliphatic heterocycles. The van der Waals surface area contributed by atoms with Crippen LogP contribution in [0.5, 0.6) is 5.75 Å². The predicted octanol–water partition coefficient (Wildman–Crippen LogP) is 2.54. The molecule has 2 aromatic heterocycles. The van der Waals surface area contributed by atoms with E-state index in [0.29, 0.717) is 25.3 Å². The summed E-state index contributed by atoms with van der Waals surface area (Å²) in [5.41, 5.74) is 7.14. The Labute approximate surface area is 162 Å². The minimum atomic E-state index is -0.586. The molecule has 1 fully saturated rings. The van der Waals surface area contributed by atoms with Gasteiger partial charge in [0, 0.05) is 49.1 Å². The molecule has 1 aliphatic rings. The van der Waals surface area contributed by atoms with Crippen molar-refractivity contribution in [3.63, 3.8) is 0 Å². The van der Waals surface area contributed by atoms with E-state index in [1.54, 1.807) is 18.4 Å². The Bertz CT molecular complexity index is 1010. The fourth-order valence-corrected chi connectivity index (χ4v) is 3.48. The number of hydrogen-bond donors (Lipinski definition) is 1. The molecule has 144 valence electrons. The largest absolute Gasteiger partial charge is 0.490 e. The number of nitrogens with zero attached hydrogens (tertiary/aromatic N) is 2. The Morgan fingerprint density at radius 2 is 2.00 bits per heavy atom. The zero-order chi connectivity index (χ0) is 19.5. The van der Waals surface area contributed by atoms with Gasteiger partial charge < -0.3 is 19.8 Å². The lowest BCUT2D eigenvalue weighted by Gasteiger charge is -2.32. The van der Waals surface area contributed by atoms with Gasteiger partial charge in [-0.15, -0.1) is 0 Å². The first-order valence-electron chi connectivity index (χ1n) is 9.25. The van der Waals surface area contributed by atoms with Crippen molar-refractivity contribution in [2.45, 2.75) is 25.4 Å². The summed E-state index contributed by atoms with van der Waals surface area (Å²) in [5, 5.41) is 0.983. The molecule has 3 aromatic rings. The van der Waals surface area contributed by atoms with Gasteiger partial charge in [-0.05, 0) is 12.1 Å². The number of pyridine rings is 1. The van der Waals surface area contributed by atoms with Crippen LogP contribution in [-0.4, -0.2) is 40.9 Å². The minimum Gasteiger partial charge on any atom is -0.490 e. The highest BCUT2D eigenvalue weighted by Crippen LogP contribution is 2.23. The number of likely N-dealkylation sites (tertiary alicyclic amines) is 1. The molecular formula is C21H21N3O4. The minimum absolute atomic E-state index is 0.0121. The SMILES string of the molecule is NC(=O)c1cc(OC2CCN(C(=O)Cc3coc4ccccc34)CC2)ccn1. The first-order chi connectivity index (χ1) is 13.6. The highest BCUT2D eigenvalue weighted by molar-refractivity contribution is 5.91. The maximum atomic E-state index is 12.7. The first kappa shape index (κ1) is 18.0. The summed E-state index contributed by atoms with van der Waals surface area (Å²) < 4.78 is 11.5. The van der Waals surface area contributed by atoms with Crippen LogP contribution in [0.3, 0.4) is 0 Å². The molecule has 1 saturated heterocycles. The number of para-hydroxylation sites is 1. The number of hydrogen-bond acceptors (Lipinski definition) is 5. The van der Waals surface area contributed by atoms with Crippen LogP contribution in [0.4, 0.5) is 0 Å². The fraction of sp³-hybridized carbons (Fsp3) is 0.286. The molecule has 0 aliphatic carbocycles. The molecule has 28 heavy (non-hydrogen) atoms. The first-order valence-corrected chi connectivity index (χ1v) is 9.25. The zero-order valence-electron chi connectivity index (χ0n) is 15.3. The van der Waals surface area contributed by atoms with Crippen LogP contribution in [0.25, 0.3) is 11.0 Å². The Kier molecular flexibility index (Phi) is 4.97. The normalized spacial score (nSPS) is 14.9. The van der Waals surface area contributed by atoms with E-state index in [4.69, 9.17) is 14.9 Å². The van der Waals surface area contributed by atoms with Crippen LogP contribution in [-0.2, 0) is 11.2 Å². The van der Waals surface area contributed by atoms with Gasteiger partial charge in [-0.25, -0.2) is 0 Å². The van der Waals surface area contributed by atoms with Crippen LogP contribution in [0.15, 0.2) is 53.3 Å². The van der Waals surface area contributed by atoms with Gasteiger partial charge in [0.15, 0.2) is 0 Å². The van der Waals surface area contributed by atoms with E-state index >= 15 is 0 Å². The predicted molar refractivity (Wildman–Crippen MR) is 103 cm³/mol. The van der Waals surface area contributed by atoms with Gasteiger partial charge in [0.05, 0.1) is 12.7 Å². The van der Waals surface area contributed by atoms with E-state index in [1.165, 1.54) is 6.20 Å². The number of piperidine rings is 1. The molecule has 0 atom stereocenters. The van der Waals surface area contributed by atoms with E-state index in [1.807, 2.05) is 29.2 Å². The third kappa shape index (κ3) is 3.83. The number of nitrogens with two attached hydrogens (primary N) is 1. The number of benzene rings is 1. The Balaban J connectivity index is 1.33. The van der Waals surface area contributed by atoms with Crippen molar-refractivity contribution in [1.29, 1.82) is 0 Å². The van der Waals surface area contributed by atoms with E-state index < -0.39 is 5.91 Å². The van der Waals surface area contributed by atoms with Crippen molar-refractivity contribution in [3.8, 4) is 5.75 Å². The van der Waals surface area contributed by atoms with Crippen molar-refractivity contribution in [2.24, 2.45) is 5.73 Å². The van der Waals surface area contributed by atoms with Crippen LogP contribution in [0, 0.1) is 0 Å².